The van der Waals surface area contributed by atoms with Gasteiger partial charge in [-0.3, -0.25) is 4.79 Å². The Morgan fingerprint density at radius 3 is 2.76 bits per heavy atom. The highest BCUT2D eigenvalue weighted by Gasteiger charge is 2.23. The molecule has 0 fully saturated rings. The van der Waals surface area contributed by atoms with E-state index in [-0.39, 0.29) is 30.6 Å². The molecule has 0 bridgehead atoms. The fourth-order valence-corrected chi connectivity index (χ4v) is 3.32. The quantitative estimate of drug-likeness (QED) is 0.695. The van der Waals surface area contributed by atoms with Crippen molar-refractivity contribution in [3.63, 3.8) is 0 Å². The lowest BCUT2D eigenvalue weighted by Crippen LogP contribution is -2.39. The van der Waals surface area contributed by atoms with E-state index in [1.54, 1.807) is 18.0 Å². The van der Waals surface area contributed by atoms with E-state index in [0.29, 0.717) is 11.4 Å². The number of urea groups is 1. The van der Waals surface area contributed by atoms with Gasteiger partial charge < -0.3 is 24.7 Å². The van der Waals surface area contributed by atoms with Gasteiger partial charge in [0.1, 0.15) is 17.1 Å². The maximum Gasteiger partial charge on any atom is 0.318 e. The Morgan fingerprint density at radius 2 is 1.97 bits per heavy atom. The molecule has 150 valence electrons. The molecule has 0 spiro atoms. The summed E-state index contributed by atoms with van der Waals surface area (Å²) in [7, 11) is 1.74. The number of hydrogen-bond acceptors (Lipinski definition) is 4. The number of amides is 3. The van der Waals surface area contributed by atoms with Crippen molar-refractivity contribution in [2.45, 2.75) is 25.9 Å². The van der Waals surface area contributed by atoms with Crippen molar-refractivity contribution in [2.75, 3.05) is 19.0 Å². The Kier molecular flexibility index (Phi) is 4.88. The van der Waals surface area contributed by atoms with E-state index in [1.165, 1.54) is 0 Å². The van der Waals surface area contributed by atoms with Gasteiger partial charge in [-0.15, -0.1) is 0 Å². The van der Waals surface area contributed by atoms with E-state index in [9.17, 15) is 9.59 Å². The van der Waals surface area contributed by atoms with Crippen molar-refractivity contribution in [1.29, 1.82) is 0 Å². The molecule has 7 nitrogen and oxygen atoms in total. The maximum absolute atomic E-state index is 12.8. The molecule has 1 aliphatic heterocycles. The fourth-order valence-electron chi connectivity index (χ4n) is 3.32. The lowest BCUT2D eigenvalue weighted by molar-refractivity contribution is -0.118. The van der Waals surface area contributed by atoms with Crippen LogP contribution in [0.25, 0.3) is 11.0 Å². The standard InChI is InChI=1S/C22H23N3O4/c1-13(15-8-9-19-17(10-15)24-21(26)12-28-19)23-22(27)25(3)14(2)20-11-16-6-4-5-7-18(16)29-20/h4-11,13-14H,12H2,1-3H3,(H,23,27)(H,24,26)/t13-,14-/m0/s1. The summed E-state index contributed by atoms with van der Waals surface area (Å²) in [5, 5.41) is 6.78. The average molecular weight is 393 g/mol. The average Bonchev–Trinajstić information content (AvgIpc) is 3.16. The van der Waals surface area contributed by atoms with Gasteiger partial charge in [-0.1, -0.05) is 24.3 Å². The summed E-state index contributed by atoms with van der Waals surface area (Å²) in [5.41, 5.74) is 2.28. The molecular formula is C22H23N3O4. The van der Waals surface area contributed by atoms with Crippen LogP contribution in [0.15, 0.2) is 52.9 Å². The van der Waals surface area contributed by atoms with Crippen LogP contribution in [0, 0.1) is 0 Å². The van der Waals surface area contributed by atoms with Gasteiger partial charge in [-0.05, 0) is 43.7 Å². The number of ether oxygens (including phenoxy) is 1. The van der Waals surface area contributed by atoms with E-state index >= 15 is 0 Å². The molecule has 0 aliphatic carbocycles. The molecule has 3 amide bonds. The summed E-state index contributed by atoms with van der Waals surface area (Å²) in [6.45, 7) is 3.83. The minimum atomic E-state index is -0.253. The zero-order valence-electron chi connectivity index (χ0n) is 16.6. The molecule has 0 saturated carbocycles. The smallest absolute Gasteiger partial charge is 0.318 e. The van der Waals surface area contributed by atoms with E-state index in [0.717, 1.165) is 22.3 Å². The number of fused-ring (bicyclic) bond motifs is 2. The molecule has 0 radical (unpaired) electrons. The number of hydrogen-bond donors (Lipinski definition) is 2. The van der Waals surface area contributed by atoms with Crippen LogP contribution in [-0.4, -0.2) is 30.5 Å². The Morgan fingerprint density at radius 1 is 1.17 bits per heavy atom. The van der Waals surface area contributed by atoms with Crippen LogP contribution in [0.1, 0.15) is 37.3 Å². The molecule has 2 atom stereocenters. The molecule has 3 aromatic rings. The summed E-state index contributed by atoms with van der Waals surface area (Å²) >= 11 is 0. The first-order chi connectivity index (χ1) is 13.9. The van der Waals surface area contributed by atoms with Gasteiger partial charge in [0.25, 0.3) is 5.91 Å². The van der Waals surface area contributed by atoms with Gasteiger partial charge in [0.2, 0.25) is 0 Å². The second kappa shape index (κ2) is 7.50. The lowest BCUT2D eigenvalue weighted by atomic mass is 10.1. The van der Waals surface area contributed by atoms with E-state index < -0.39 is 0 Å². The van der Waals surface area contributed by atoms with Gasteiger partial charge in [-0.2, -0.15) is 0 Å². The van der Waals surface area contributed by atoms with Crippen LogP contribution in [0.2, 0.25) is 0 Å². The summed E-state index contributed by atoms with van der Waals surface area (Å²) in [5.74, 6) is 1.17. The molecule has 29 heavy (non-hydrogen) atoms. The fraction of sp³-hybridized carbons (Fsp3) is 0.273. The third-order valence-corrected chi connectivity index (χ3v) is 5.23. The molecule has 7 heteroatoms. The minimum Gasteiger partial charge on any atom is -0.482 e. The Hall–Kier alpha value is -3.48. The van der Waals surface area contributed by atoms with Crippen LogP contribution >= 0.6 is 0 Å². The third-order valence-electron chi connectivity index (χ3n) is 5.23. The van der Waals surface area contributed by atoms with Gasteiger partial charge in [0.15, 0.2) is 6.61 Å². The highest BCUT2D eigenvalue weighted by Crippen LogP contribution is 2.31. The molecule has 1 aliphatic rings. The largest absolute Gasteiger partial charge is 0.482 e. The van der Waals surface area contributed by atoms with E-state index in [2.05, 4.69) is 10.6 Å². The number of carbonyl (C=O) groups excluding carboxylic acids is 2. The van der Waals surface area contributed by atoms with Crippen molar-refractivity contribution in [3.05, 3.63) is 59.9 Å². The summed E-state index contributed by atoms with van der Waals surface area (Å²) in [6.07, 6.45) is 0. The number of nitrogens with one attached hydrogen (secondary N) is 2. The molecule has 0 saturated heterocycles. The van der Waals surface area contributed by atoms with Crippen LogP contribution in [0.5, 0.6) is 5.75 Å². The van der Waals surface area contributed by atoms with Gasteiger partial charge >= 0.3 is 6.03 Å². The van der Waals surface area contributed by atoms with Crippen LogP contribution in [0.4, 0.5) is 10.5 Å². The number of anilines is 1. The monoisotopic (exact) mass is 393 g/mol. The predicted octanol–water partition coefficient (Wildman–Crippen LogP) is 4.23. The Labute approximate surface area is 168 Å². The third kappa shape index (κ3) is 3.76. The number of rotatable bonds is 4. The van der Waals surface area contributed by atoms with Gasteiger partial charge in [-0.25, -0.2) is 4.79 Å². The second-order valence-electron chi connectivity index (χ2n) is 7.24. The first-order valence-corrected chi connectivity index (χ1v) is 9.51. The van der Waals surface area contributed by atoms with Crippen molar-refractivity contribution in [3.8, 4) is 5.75 Å². The second-order valence-corrected chi connectivity index (χ2v) is 7.24. The van der Waals surface area contributed by atoms with Crippen molar-refractivity contribution in [1.82, 2.24) is 10.2 Å². The lowest BCUT2D eigenvalue weighted by Gasteiger charge is -2.26. The molecular weight excluding hydrogens is 370 g/mol. The molecule has 2 heterocycles. The number of benzene rings is 2. The van der Waals surface area contributed by atoms with Crippen LogP contribution in [0.3, 0.4) is 0 Å². The minimum absolute atomic E-state index is 0.0170. The van der Waals surface area contributed by atoms with Crippen LogP contribution in [-0.2, 0) is 4.79 Å². The summed E-state index contributed by atoms with van der Waals surface area (Å²) < 4.78 is 11.3. The van der Waals surface area contributed by atoms with Crippen molar-refractivity contribution >= 4 is 28.6 Å². The molecule has 2 aromatic carbocycles. The normalized spacial score (nSPS) is 15.1. The number of para-hydroxylation sites is 1. The summed E-state index contributed by atoms with van der Waals surface area (Å²) in [6, 6.07) is 14.5. The number of nitrogens with zero attached hydrogens (tertiary/aromatic N) is 1. The highest BCUT2D eigenvalue weighted by molar-refractivity contribution is 5.95. The first-order valence-electron chi connectivity index (χ1n) is 9.51. The van der Waals surface area contributed by atoms with E-state index in [4.69, 9.17) is 9.15 Å². The Balaban J connectivity index is 1.45. The molecule has 1 aromatic heterocycles. The van der Waals surface area contributed by atoms with Crippen LogP contribution < -0.4 is 15.4 Å². The molecule has 2 N–H and O–H groups in total. The zero-order chi connectivity index (χ0) is 20.5. The first kappa shape index (κ1) is 18.9. The number of carbonyl (C=O) groups is 2. The summed E-state index contributed by atoms with van der Waals surface area (Å²) in [4.78, 5) is 25.9. The molecule has 0 unspecified atom stereocenters. The van der Waals surface area contributed by atoms with E-state index in [1.807, 2.05) is 56.3 Å². The van der Waals surface area contributed by atoms with Gasteiger partial charge in [0.05, 0.1) is 17.8 Å². The maximum atomic E-state index is 12.8. The van der Waals surface area contributed by atoms with Crippen molar-refractivity contribution < 1.29 is 18.7 Å². The van der Waals surface area contributed by atoms with Gasteiger partial charge in [0, 0.05) is 12.4 Å². The van der Waals surface area contributed by atoms with Crippen molar-refractivity contribution in [2.24, 2.45) is 0 Å². The highest BCUT2D eigenvalue weighted by atomic mass is 16.5. The predicted molar refractivity (Wildman–Crippen MR) is 110 cm³/mol. The Bertz CT molecular complexity index is 1040. The SMILES string of the molecule is C[C@H](NC(=O)N(C)[C@@H](C)c1cc2ccccc2o1)c1ccc2c(c1)NC(=O)CO2. The molecule has 4 rings (SSSR count). The zero-order valence-corrected chi connectivity index (χ0v) is 16.6. The topological polar surface area (TPSA) is 83.8 Å². The number of furan rings is 1.